The van der Waals surface area contributed by atoms with Crippen LogP contribution in [-0.4, -0.2) is 35.6 Å². The third-order valence-electron chi connectivity index (χ3n) is 4.25. The molecule has 1 aromatic rings. The molecule has 0 aliphatic heterocycles. The molecule has 7 nitrogen and oxygen atoms in total. The Morgan fingerprint density at radius 2 is 1.67 bits per heavy atom. The summed E-state index contributed by atoms with van der Waals surface area (Å²) in [5.74, 6) is 8.60. The number of anilines is 3. The van der Waals surface area contributed by atoms with Gasteiger partial charge in [0.1, 0.15) is 0 Å². The summed E-state index contributed by atoms with van der Waals surface area (Å²) in [6.45, 7) is 3.20. The summed E-state index contributed by atoms with van der Waals surface area (Å²) in [7, 11) is 3.79. The molecule has 7 heteroatoms. The minimum Gasteiger partial charge on any atom is -0.354 e. The van der Waals surface area contributed by atoms with Gasteiger partial charge in [0.2, 0.25) is 17.8 Å². The lowest BCUT2D eigenvalue weighted by Crippen LogP contribution is -2.23. The van der Waals surface area contributed by atoms with Gasteiger partial charge in [-0.2, -0.15) is 15.0 Å². The van der Waals surface area contributed by atoms with E-state index in [0.29, 0.717) is 23.8 Å². The molecule has 0 aromatic carbocycles. The molecule has 4 N–H and O–H groups in total. The Bertz CT molecular complexity index is 441. The van der Waals surface area contributed by atoms with Crippen molar-refractivity contribution in [1.82, 2.24) is 15.0 Å². The Hall–Kier alpha value is -1.63. The summed E-state index contributed by atoms with van der Waals surface area (Å²) in [6, 6.07) is 0. The van der Waals surface area contributed by atoms with Crippen molar-refractivity contribution in [3.63, 3.8) is 0 Å². The van der Waals surface area contributed by atoms with Crippen molar-refractivity contribution in [3.8, 4) is 0 Å². The predicted octanol–water partition coefficient (Wildman–Crippen LogP) is 1.85. The third kappa shape index (κ3) is 4.42. The molecular formula is C14H27N7. The van der Waals surface area contributed by atoms with Gasteiger partial charge < -0.3 is 10.2 Å². The van der Waals surface area contributed by atoms with Crippen LogP contribution in [0.25, 0.3) is 0 Å². The Kier molecular flexibility index (Phi) is 5.55. The van der Waals surface area contributed by atoms with Crippen molar-refractivity contribution in [2.45, 2.75) is 39.0 Å². The number of hydrogen-bond acceptors (Lipinski definition) is 7. The van der Waals surface area contributed by atoms with E-state index in [0.717, 1.165) is 12.5 Å². The first-order valence-electron chi connectivity index (χ1n) is 7.76. The molecule has 1 heterocycles. The molecule has 0 saturated heterocycles. The number of nitrogens with one attached hydrogen (secondary N) is 2. The van der Waals surface area contributed by atoms with Crippen molar-refractivity contribution in [1.29, 1.82) is 0 Å². The van der Waals surface area contributed by atoms with Crippen LogP contribution in [0.5, 0.6) is 0 Å². The van der Waals surface area contributed by atoms with E-state index < -0.39 is 0 Å². The predicted molar refractivity (Wildman–Crippen MR) is 86.2 cm³/mol. The highest BCUT2D eigenvalue weighted by Crippen LogP contribution is 2.30. The lowest BCUT2D eigenvalue weighted by Gasteiger charge is -2.27. The molecule has 1 aromatic heterocycles. The van der Waals surface area contributed by atoms with E-state index in [9.17, 15) is 0 Å². The average molecular weight is 293 g/mol. The monoisotopic (exact) mass is 293 g/mol. The molecule has 0 atom stereocenters. The molecule has 1 aliphatic rings. The summed E-state index contributed by atoms with van der Waals surface area (Å²) >= 11 is 0. The van der Waals surface area contributed by atoms with E-state index in [1.54, 1.807) is 0 Å². The molecule has 1 aliphatic carbocycles. The zero-order chi connectivity index (χ0) is 15.2. The number of aromatic nitrogens is 3. The number of rotatable bonds is 6. The van der Waals surface area contributed by atoms with Crippen LogP contribution in [0.2, 0.25) is 0 Å². The van der Waals surface area contributed by atoms with Crippen LogP contribution < -0.4 is 21.5 Å². The van der Waals surface area contributed by atoms with Crippen LogP contribution in [0.1, 0.15) is 39.0 Å². The van der Waals surface area contributed by atoms with Crippen LogP contribution >= 0.6 is 0 Å². The molecule has 0 amide bonds. The van der Waals surface area contributed by atoms with Crippen LogP contribution in [0.4, 0.5) is 17.8 Å². The van der Waals surface area contributed by atoms with E-state index in [1.807, 2.05) is 19.0 Å². The van der Waals surface area contributed by atoms with Gasteiger partial charge in [-0.15, -0.1) is 0 Å². The smallest absolute Gasteiger partial charge is 0.243 e. The first-order valence-corrected chi connectivity index (χ1v) is 7.76. The zero-order valence-electron chi connectivity index (χ0n) is 13.3. The SMILES string of the molecule is CCC1CCC(CNc2nc(NN)nc(N(C)C)n2)CC1. The Morgan fingerprint density at radius 1 is 1.05 bits per heavy atom. The van der Waals surface area contributed by atoms with E-state index in [1.165, 1.54) is 32.1 Å². The molecule has 0 spiro atoms. The number of nitrogen functional groups attached to an aromatic ring is 1. The van der Waals surface area contributed by atoms with Crippen LogP contribution in [0.15, 0.2) is 0 Å². The van der Waals surface area contributed by atoms with Gasteiger partial charge in [-0.3, -0.25) is 5.43 Å². The van der Waals surface area contributed by atoms with Gasteiger partial charge in [0.25, 0.3) is 0 Å². The molecule has 118 valence electrons. The lowest BCUT2D eigenvalue weighted by molar-refractivity contribution is 0.278. The molecule has 0 unspecified atom stereocenters. The normalized spacial score (nSPS) is 21.9. The average Bonchev–Trinajstić information content (AvgIpc) is 2.53. The van der Waals surface area contributed by atoms with E-state index >= 15 is 0 Å². The fourth-order valence-electron chi connectivity index (χ4n) is 2.79. The Labute approximate surface area is 126 Å². The largest absolute Gasteiger partial charge is 0.354 e. The fraction of sp³-hybridized carbons (Fsp3) is 0.786. The minimum absolute atomic E-state index is 0.380. The molecule has 21 heavy (non-hydrogen) atoms. The lowest BCUT2D eigenvalue weighted by atomic mass is 9.81. The molecule has 1 saturated carbocycles. The highest BCUT2D eigenvalue weighted by molar-refractivity contribution is 5.42. The summed E-state index contributed by atoms with van der Waals surface area (Å²) < 4.78 is 0. The molecule has 0 radical (unpaired) electrons. The summed E-state index contributed by atoms with van der Waals surface area (Å²) in [6.07, 6.45) is 6.58. The standard InChI is InChI=1S/C14H27N7/c1-4-10-5-7-11(8-6-10)9-16-12-17-13(20-15)19-14(18-12)21(2)3/h10-11H,4-9,15H2,1-3H3,(H2,16,17,18,19,20). The van der Waals surface area contributed by atoms with Gasteiger partial charge >= 0.3 is 0 Å². The summed E-state index contributed by atoms with van der Waals surface area (Å²) in [4.78, 5) is 14.7. The molecular weight excluding hydrogens is 266 g/mol. The number of nitrogens with zero attached hydrogens (tertiary/aromatic N) is 4. The van der Waals surface area contributed by atoms with Gasteiger partial charge in [-0.25, -0.2) is 5.84 Å². The van der Waals surface area contributed by atoms with Gasteiger partial charge in [0.05, 0.1) is 0 Å². The van der Waals surface area contributed by atoms with Crippen molar-refractivity contribution < 1.29 is 0 Å². The van der Waals surface area contributed by atoms with E-state index in [-0.39, 0.29) is 0 Å². The quantitative estimate of drug-likeness (QED) is 0.544. The van der Waals surface area contributed by atoms with Crippen molar-refractivity contribution in [2.24, 2.45) is 17.7 Å². The first-order chi connectivity index (χ1) is 10.1. The second-order valence-corrected chi connectivity index (χ2v) is 6.00. The van der Waals surface area contributed by atoms with Crippen molar-refractivity contribution in [2.75, 3.05) is 36.3 Å². The van der Waals surface area contributed by atoms with Crippen LogP contribution in [0.3, 0.4) is 0 Å². The van der Waals surface area contributed by atoms with Gasteiger partial charge in [-0.05, 0) is 24.7 Å². The summed E-state index contributed by atoms with van der Waals surface area (Å²) in [5, 5.41) is 3.33. The highest BCUT2D eigenvalue weighted by Gasteiger charge is 2.20. The zero-order valence-corrected chi connectivity index (χ0v) is 13.3. The Morgan fingerprint density at radius 3 is 2.24 bits per heavy atom. The maximum Gasteiger partial charge on any atom is 0.243 e. The maximum atomic E-state index is 5.41. The highest BCUT2D eigenvalue weighted by atomic mass is 15.4. The number of nitrogens with two attached hydrogens (primary N) is 1. The maximum absolute atomic E-state index is 5.41. The molecule has 1 fully saturated rings. The van der Waals surface area contributed by atoms with Crippen molar-refractivity contribution >= 4 is 17.8 Å². The van der Waals surface area contributed by atoms with Gasteiger partial charge in [0, 0.05) is 20.6 Å². The minimum atomic E-state index is 0.380. The molecule has 2 rings (SSSR count). The summed E-state index contributed by atoms with van der Waals surface area (Å²) in [5.41, 5.74) is 2.49. The second-order valence-electron chi connectivity index (χ2n) is 6.00. The Balaban J connectivity index is 1.92. The van der Waals surface area contributed by atoms with E-state index in [4.69, 9.17) is 5.84 Å². The third-order valence-corrected chi connectivity index (χ3v) is 4.25. The van der Waals surface area contributed by atoms with Gasteiger partial charge in [0.15, 0.2) is 0 Å². The van der Waals surface area contributed by atoms with Crippen molar-refractivity contribution in [3.05, 3.63) is 0 Å². The first kappa shape index (κ1) is 15.8. The number of hydrazine groups is 1. The second kappa shape index (κ2) is 7.40. The van der Waals surface area contributed by atoms with Crippen LogP contribution in [-0.2, 0) is 0 Å². The fourth-order valence-corrected chi connectivity index (χ4v) is 2.79. The topological polar surface area (TPSA) is 92.0 Å². The molecule has 0 bridgehead atoms. The van der Waals surface area contributed by atoms with Crippen LogP contribution in [0, 0.1) is 11.8 Å². The number of hydrogen-bond donors (Lipinski definition) is 3. The van der Waals surface area contributed by atoms with E-state index in [2.05, 4.69) is 32.6 Å². The van der Waals surface area contributed by atoms with Gasteiger partial charge in [-0.1, -0.05) is 26.2 Å².